The van der Waals surface area contributed by atoms with E-state index in [9.17, 15) is 12.8 Å². The third kappa shape index (κ3) is 3.92. The van der Waals surface area contributed by atoms with Gasteiger partial charge in [-0.25, -0.2) is 17.5 Å². The molecule has 0 amide bonds. The average molecular weight is 343 g/mol. The minimum atomic E-state index is -3.70. The number of halogens is 1. The van der Waals surface area contributed by atoms with Crippen molar-refractivity contribution in [3.63, 3.8) is 0 Å². The van der Waals surface area contributed by atoms with E-state index in [1.54, 1.807) is 11.3 Å². The van der Waals surface area contributed by atoms with Gasteiger partial charge in [-0.05, 0) is 49.7 Å². The summed E-state index contributed by atoms with van der Waals surface area (Å²) in [6.07, 6.45) is -0.352. The Bertz CT molecular complexity index is 756. The molecular formula is C15H18FNO3S2. The lowest BCUT2D eigenvalue weighted by atomic mass is 10.2. The molecule has 1 aromatic carbocycles. The summed E-state index contributed by atoms with van der Waals surface area (Å²) in [6.45, 7) is 3.63. The number of hydrogen-bond acceptors (Lipinski definition) is 4. The molecule has 1 atom stereocenters. The van der Waals surface area contributed by atoms with Gasteiger partial charge in [-0.15, -0.1) is 11.3 Å². The Morgan fingerprint density at radius 1 is 1.27 bits per heavy atom. The first-order chi connectivity index (χ1) is 10.3. The first kappa shape index (κ1) is 17.1. The Balaban J connectivity index is 2.12. The molecule has 2 rings (SSSR count). The van der Waals surface area contributed by atoms with Gasteiger partial charge in [-0.2, -0.15) is 0 Å². The molecule has 0 radical (unpaired) electrons. The summed E-state index contributed by atoms with van der Waals surface area (Å²) in [5.41, 5.74) is 0.292. The fourth-order valence-corrected chi connectivity index (χ4v) is 4.05. The van der Waals surface area contributed by atoms with E-state index in [2.05, 4.69) is 4.72 Å². The van der Waals surface area contributed by atoms with Crippen LogP contribution >= 0.6 is 11.3 Å². The Kier molecular flexibility index (Phi) is 5.33. The van der Waals surface area contributed by atoms with Gasteiger partial charge in [0, 0.05) is 23.4 Å². The predicted octanol–water partition coefficient (Wildman–Crippen LogP) is 3.17. The molecule has 2 aromatic rings. The van der Waals surface area contributed by atoms with Crippen LogP contribution < -0.4 is 4.72 Å². The Labute approximate surface area is 134 Å². The van der Waals surface area contributed by atoms with Crippen molar-refractivity contribution in [1.82, 2.24) is 4.72 Å². The van der Waals surface area contributed by atoms with E-state index < -0.39 is 15.8 Å². The molecule has 0 aliphatic heterocycles. The summed E-state index contributed by atoms with van der Waals surface area (Å²) in [6, 6.07) is 7.60. The average Bonchev–Trinajstić information content (AvgIpc) is 2.89. The first-order valence-corrected chi connectivity index (χ1v) is 8.98. The lowest BCUT2D eigenvalue weighted by Crippen LogP contribution is -2.29. The molecule has 1 unspecified atom stereocenters. The molecule has 1 heterocycles. The van der Waals surface area contributed by atoms with Crippen LogP contribution in [0.5, 0.6) is 0 Å². The maximum Gasteiger partial charge on any atom is 0.240 e. The van der Waals surface area contributed by atoms with Crippen LogP contribution in [0.15, 0.2) is 35.2 Å². The third-order valence-electron chi connectivity index (χ3n) is 3.26. The van der Waals surface area contributed by atoms with Gasteiger partial charge in [0.1, 0.15) is 11.9 Å². The number of ether oxygens (including phenoxy) is 1. The SMILES string of the molecule is COC(CNS(=O)(=O)c1ccc(F)c(C)c1)c1ccc(C)s1. The summed E-state index contributed by atoms with van der Waals surface area (Å²) in [4.78, 5) is 2.13. The third-order valence-corrected chi connectivity index (χ3v) is 5.78. The van der Waals surface area contributed by atoms with E-state index >= 15 is 0 Å². The number of hydrogen-bond donors (Lipinski definition) is 1. The summed E-state index contributed by atoms with van der Waals surface area (Å²) >= 11 is 1.56. The highest BCUT2D eigenvalue weighted by atomic mass is 32.2. The van der Waals surface area contributed by atoms with Crippen LogP contribution in [-0.2, 0) is 14.8 Å². The van der Waals surface area contributed by atoms with Crippen LogP contribution in [0.3, 0.4) is 0 Å². The van der Waals surface area contributed by atoms with Crippen molar-refractivity contribution >= 4 is 21.4 Å². The molecule has 22 heavy (non-hydrogen) atoms. The summed E-state index contributed by atoms with van der Waals surface area (Å²) in [5.74, 6) is -0.428. The van der Waals surface area contributed by atoms with Crippen molar-refractivity contribution in [1.29, 1.82) is 0 Å². The van der Waals surface area contributed by atoms with Crippen LogP contribution in [0.25, 0.3) is 0 Å². The van der Waals surface area contributed by atoms with Crippen LogP contribution in [0.1, 0.15) is 21.4 Å². The highest BCUT2D eigenvalue weighted by Crippen LogP contribution is 2.25. The second-order valence-electron chi connectivity index (χ2n) is 4.94. The minimum absolute atomic E-state index is 0.0450. The molecular weight excluding hydrogens is 325 g/mol. The van der Waals surface area contributed by atoms with Crippen LogP contribution in [0.2, 0.25) is 0 Å². The lowest BCUT2D eigenvalue weighted by Gasteiger charge is -2.15. The number of rotatable bonds is 6. The summed E-state index contributed by atoms with van der Waals surface area (Å²) in [5, 5.41) is 0. The molecule has 0 saturated carbocycles. The number of aryl methyl sites for hydroxylation is 2. The normalized spacial score (nSPS) is 13.3. The van der Waals surface area contributed by atoms with Gasteiger partial charge in [0.15, 0.2) is 0 Å². The van der Waals surface area contributed by atoms with Crippen LogP contribution in [-0.4, -0.2) is 22.1 Å². The van der Waals surface area contributed by atoms with E-state index in [0.717, 1.165) is 15.8 Å². The number of methoxy groups -OCH3 is 1. The highest BCUT2D eigenvalue weighted by Gasteiger charge is 2.19. The van der Waals surface area contributed by atoms with Crippen molar-refractivity contribution in [3.8, 4) is 0 Å². The van der Waals surface area contributed by atoms with E-state index in [1.165, 1.54) is 26.2 Å². The molecule has 0 saturated heterocycles. The van der Waals surface area contributed by atoms with E-state index in [0.29, 0.717) is 5.56 Å². The second-order valence-corrected chi connectivity index (χ2v) is 8.02. The van der Waals surface area contributed by atoms with Crippen LogP contribution in [0.4, 0.5) is 4.39 Å². The minimum Gasteiger partial charge on any atom is -0.375 e. The van der Waals surface area contributed by atoms with Crippen molar-refractivity contribution in [2.45, 2.75) is 24.8 Å². The van der Waals surface area contributed by atoms with Gasteiger partial charge in [0.2, 0.25) is 10.0 Å². The summed E-state index contributed by atoms with van der Waals surface area (Å²) in [7, 11) is -2.16. The van der Waals surface area contributed by atoms with E-state index in [1.807, 2.05) is 19.1 Å². The van der Waals surface area contributed by atoms with Crippen molar-refractivity contribution in [3.05, 3.63) is 51.5 Å². The molecule has 0 fully saturated rings. The topological polar surface area (TPSA) is 55.4 Å². The Morgan fingerprint density at radius 3 is 2.55 bits per heavy atom. The maximum absolute atomic E-state index is 13.2. The van der Waals surface area contributed by atoms with E-state index in [4.69, 9.17) is 4.74 Å². The molecule has 4 nitrogen and oxygen atoms in total. The number of nitrogens with one attached hydrogen (secondary N) is 1. The molecule has 1 N–H and O–H groups in total. The quantitative estimate of drug-likeness (QED) is 0.876. The zero-order valence-electron chi connectivity index (χ0n) is 12.6. The van der Waals surface area contributed by atoms with Gasteiger partial charge in [-0.3, -0.25) is 0 Å². The zero-order chi connectivity index (χ0) is 16.3. The fourth-order valence-electron chi connectivity index (χ4n) is 1.98. The largest absolute Gasteiger partial charge is 0.375 e. The van der Waals surface area contributed by atoms with Crippen LogP contribution in [0, 0.1) is 19.7 Å². The molecule has 7 heteroatoms. The van der Waals surface area contributed by atoms with Gasteiger partial charge < -0.3 is 4.74 Å². The van der Waals surface area contributed by atoms with E-state index in [-0.39, 0.29) is 17.5 Å². The number of thiophene rings is 1. The van der Waals surface area contributed by atoms with Crippen molar-refractivity contribution < 1.29 is 17.5 Å². The lowest BCUT2D eigenvalue weighted by molar-refractivity contribution is 0.110. The zero-order valence-corrected chi connectivity index (χ0v) is 14.2. The van der Waals surface area contributed by atoms with Gasteiger partial charge in [0.05, 0.1) is 4.90 Å². The smallest absolute Gasteiger partial charge is 0.240 e. The fraction of sp³-hybridized carbons (Fsp3) is 0.333. The second kappa shape index (κ2) is 6.87. The molecule has 0 spiro atoms. The summed E-state index contributed by atoms with van der Waals surface area (Å²) < 4.78 is 45.6. The Hall–Kier alpha value is -1.28. The molecule has 120 valence electrons. The predicted molar refractivity (Wildman–Crippen MR) is 85.1 cm³/mol. The van der Waals surface area contributed by atoms with Crippen molar-refractivity contribution in [2.24, 2.45) is 0 Å². The Morgan fingerprint density at radius 2 is 2.00 bits per heavy atom. The highest BCUT2D eigenvalue weighted by molar-refractivity contribution is 7.89. The monoisotopic (exact) mass is 343 g/mol. The molecule has 1 aromatic heterocycles. The van der Waals surface area contributed by atoms with Gasteiger partial charge >= 0.3 is 0 Å². The van der Waals surface area contributed by atoms with Gasteiger partial charge in [0.25, 0.3) is 0 Å². The first-order valence-electron chi connectivity index (χ1n) is 6.68. The standard InChI is InChI=1S/C15H18FNO3S2/c1-10-8-12(5-6-13(10)16)22(18,19)17-9-14(20-3)15-7-4-11(2)21-15/h4-8,14,17H,9H2,1-3H3. The van der Waals surface area contributed by atoms with Gasteiger partial charge in [-0.1, -0.05) is 0 Å². The maximum atomic E-state index is 13.2. The molecule has 0 aliphatic carbocycles. The molecule has 0 aliphatic rings. The number of sulfonamides is 1. The number of benzene rings is 1. The molecule has 0 bridgehead atoms. The van der Waals surface area contributed by atoms with Crippen molar-refractivity contribution in [2.75, 3.05) is 13.7 Å².